The van der Waals surface area contributed by atoms with Crippen LogP contribution in [-0.4, -0.2) is 11.0 Å². The van der Waals surface area contributed by atoms with Crippen molar-refractivity contribution in [1.29, 1.82) is 0 Å². The van der Waals surface area contributed by atoms with E-state index < -0.39 is 0 Å². The van der Waals surface area contributed by atoms with Crippen molar-refractivity contribution in [2.24, 2.45) is 11.8 Å². The molecule has 4 unspecified atom stereocenters. The van der Waals surface area contributed by atoms with Gasteiger partial charge in [0.15, 0.2) is 0 Å². The zero-order chi connectivity index (χ0) is 10.8. The van der Waals surface area contributed by atoms with Gasteiger partial charge in [-0.25, -0.2) is 0 Å². The highest BCUT2D eigenvalue weighted by molar-refractivity contribution is 7.09. The zero-order valence-electron chi connectivity index (χ0n) is 9.73. The molecule has 1 aromatic rings. The molecule has 0 aromatic carbocycles. The number of nitrogens with one attached hydrogen (secondary N) is 1. The number of hydrogen-bond donors (Lipinski definition) is 1. The van der Waals surface area contributed by atoms with Crippen molar-refractivity contribution in [2.75, 3.05) is 0 Å². The Balaban J connectivity index is 1.92. The summed E-state index contributed by atoms with van der Waals surface area (Å²) in [6.07, 6.45) is 4.67. The summed E-state index contributed by atoms with van der Waals surface area (Å²) in [6, 6.07) is 1.15. The number of nitrogens with zero attached hydrogens (tertiary/aromatic N) is 1. The van der Waals surface area contributed by atoms with Crippen molar-refractivity contribution in [1.82, 2.24) is 10.3 Å². The van der Waals surface area contributed by atoms with Crippen LogP contribution in [0.1, 0.15) is 44.5 Å². The first-order chi connectivity index (χ1) is 7.18. The lowest BCUT2D eigenvalue weighted by molar-refractivity contribution is 0.348. The highest BCUT2D eigenvalue weighted by Crippen LogP contribution is 2.32. The predicted molar refractivity (Wildman–Crippen MR) is 65.0 cm³/mol. The van der Waals surface area contributed by atoms with E-state index in [0.29, 0.717) is 12.1 Å². The van der Waals surface area contributed by atoms with Crippen LogP contribution in [0.4, 0.5) is 0 Å². The van der Waals surface area contributed by atoms with Crippen LogP contribution in [0.5, 0.6) is 0 Å². The molecule has 4 atom stereocenters. The minimum Gasteiger partial charge on any atom is -0.306 e. The number of rotatable bonds is 3. The minimum atomic E-state index is 0.454. The van der Waals surface area contributed by atoms with Crippen molar-refractivity contribution in [3.63, 3.8) is 0 Å². The Morgan fingerprint density at radius 3 is 2.80 bits per heavy atom. The van der Waals surface area contributed by atoms with Crippen LogP contribution < -0.4 is 5.32 Å². The summed E-state index contributed by atoms with van der Waals surface area (Å²) in [7, 11) is 0. The minimum absolute atomic E-state index is 0.454. The fourth-order valence-electron chi connectivity index (χ4n) is 2.44. The van der Waals surface area contributed by atoms with Crippen LogP contribution in [0.2, 0.25) is 0 Å². The van der Waals surface area contributed by atoms with Gasteiger partial charge < -0.3 is 5.32 Å². The van der Waals surface area contributed by atoms with Gasteiger partial charge in [-0.3, -0.25) is 4.98 Å². The molecule has 1 saturated carbocycles. The summed E-state index contributed by atoms with van der Waals surface area (Å²) in [5.41, 5.74) is 1.91. The normalized spacial score (nSPS) is 33.1. The molecule has 1 aromatic heterocycles. The molecule has 15 heavy (non-hydrogen) atoms. The van der Waals surface area contributed by atoms with Gasteiger partial charge in [-0.15, -0.1) is 11.3 Å². The number of hydrogen-bond acceptors (Lipinski definition) is 3. The Bertz CT molecular complexity index is 297. The van der Waals surface area contributed by atoms with E-state index in [-0.39, 0.29) is 0 Å². The van der Waals surface area contributed by atoms with Crippen LogP contribution in [0.25, 0.3) is 0 Å². The number of aromatic nitrogens is 1. The second-order valence-electron chi connectivity index (χ2n) is 4.81. The van der Waals surface area contributed by atoms with E-state index >= 15 is 0 Å². The third kappa shape index (κ3) is 2.40. The molecule has 0 saturated heterocycles. The standard InChI is InChI=1S/C12H20N2S/c1-8-4-5-11(9(8)2)14-10(3)12-6-13-7-15-12/h6-11,14H,4-5H2,1-3H3. The topological polar surface area (TPSA) is 24.9 Å². The summed E-state index contributed by atoms with van der Waals surface area (Å²) in [4.78, 5) is 5.48. The van der Waals surface area contributed by atoms with Crippen molar-refractivity contribution < 1.29 is 0 Å². The first-order valence-corrected chi connectivity index (χ1v) is 6.71. The Morgan fingerprint density at radius 2 is 2.27 bits per heavy atom. The monoisotopic (exact) mass is 224 g/mol. The molecular weight excluding hydrogens is 204 g/mol. The lowest BCUT2D eigenvalue weighted by atomic mass is 9.97. The molecule has 0 bridgehead atoms. The Kier molecular flexibility index (Phi) is 3.42. The summed E-state index contributed by atoms with van der Waals surface area (Å²) >= 11 is 1.74. The Hall–Kier alpha value is -0.410. The van der Waals surface area contributed by atoms with Crippen LogP contribution in [0, 0.1) is 11.8 Å². The second kappa shape index (κ2) is 4.62. The van der Waals surface area contributed by atoms with E-state index in [1.165, 1.54) is 17.7 Å². The SMILES string of the molecule is CC(NC1CCC(C)C1C)c1cncs1. The first kappa shape index (κ1) is 11.1. The molecule has 2 nitrogen and oxygen atoms in total. The maximum absolute atomic E-state index is 4.13. The van der Waals surface area contributed by atoms with Crippen molar-refractivity contribution in [2.45, 2.75) is 45.7 Å². The van der Waals surface area contributed by atoms with Gasteiger partial charge in [0.25, 0.3) is 0 Å². The van der Waals surface area contributed by atoms with Crippen LogP contribution in [-0.2, 0) is 0 Å². The van der Waals surface area contributed by atoms with E-state index in [1.807, 2.05) is 11.7 Å². The van der Waals surface area contributed by atoms with Gasteiger partial charge in [0.05, 0.1) is 5.51 Å². The van der Waals surface area contributed by atoms with Gasteiger partial charge in [-0.1, -0.05) is 13.8 Å². The molecule has 1 aliphatic rings. The Morgan fingerprint density at radius 1 is 1.47 bits per heavy atom. The third-order valence-electron chi connectivity index (χ3n) is 3.81. The summed E-state index contributed by atoms with van der Waals surface area (Å²) in [5.74, 6) is 1.68. The first-order valence-electron chi connectivity index (χ1n) is 5.83. The van der Waals surface area contributed by atoms with Crippen LogP contribution in [0.15, 0.2) is 11.7 Å². The number of thiazole rings is 1. The maximum Gasteiger partial charge on any atom is 0.0794 e. The lowest BCUT2D eigenvalue weighted by Gasteiger charge is -2.23. The van der Waals surface area contributed by atoms with Crippen molar-refractivity contribution in [3.8, 4) is 0 Å². The predicted octanol–water partition coefficient (Wildman–Crippen LogP) is 3.23. The molecule has 2 rings (SSSR count). The van der Waals surface area contributed by atoms with E-state index in [1.54, 1.807) is 11.3 Å². The Labute approximate surface area is 96.1 Å². The van der Waals surface area contributed by atoms with E-state index in [4.69, 9.17) is 0 Å². The van der Waals surface area contributed by atoms with Crippen LogP contribution in [0.3, 0.4) is 0 Å². The van der Waals surface area contributed by atoms with Gasteiger partial charge in [0.1, 0.15) is 0 Å². The summed E-state index contributed by atoms with van der Waals surface area (Å²) in [6.45, 7) is 6.97. The molecule has 0 radical (unpaired) electrons. The van der Waals surface area contributed by atoms with Gasteiger partial charge in [0.2, 0.25) is 0 Å². The fourth-order valence-corrected chi connectivity index (χ4v) is 3.08. The molecule has 1 fully saturated rings. The summed E-state index contributed by atoms with van der Waals surface area (Å²) < 4.78 is 0. The van der Waals surface area contributed by atoms with E-state index in [9.17, 15) is 0 Å². The molecule has 84 valence electrons. The van der Waals surface area contributed by atoms with E-state index in [2.05, 4.69) is 31.1 Å². The van der Waals surface area contributed by atoms with Crippen molar-refractivity contribution in [3.05, 3.63) is 16.6 Å². The zero-order valence-corrected chi connectivity index (χ0v) is 10.6. The molecule has 1 aliphatic carbocycles. The lowest BCUT2D eigenvalue weighted by Crippen LogP contribution is -2.34. The van der Waals surface area contributed by atoms with Crippen molar-refractivity contribution >= 4 is 11.3 Å². The van der Waals surface area contributed by atoms with Crippen LogP contribution >= 0.6 is 11.3 Å². The molecule has 0 aliphatic heterocycles. The van der Waals surface area contributed by atoms with Gasteiger partial charge >= 0.3 is 0 Å². The highest BCUT2D eigenvalue weighted by Gasteiger charge is 2.30. The molecule has 1 N–H and O–H groups in total. The quantitative estimate of drug-likeness (QED) is 0.852. The van der Waals surface area contributed by atoms with E-state index in [0.717, 1.165) is 11.8 Å². The highest BCUT2D eigenvalue weighted by atomic mass is 32.1. The largest absolute Gasteiger partial charge is 0.306 e. The maximum atomic E-state index is 4.13. The smallest absolute Gasteiger partial charge is 0.0794 e. The molecule has 0 amide bonds. The van der Waals surface area contributed by atoms with Gasteiger partial charge in [0, 0.05) is 23.2 Å². The molecule has 3 heteroatoms. The molecular formula is C12H20N2S. The summed E-state index contributed by atoms with van der Waals surface area (Å²) in [5, 5.41) is 3.73. The third-order valence-corrected chi connectivity index (χ3v) is 4.77. The van der Waals surface area contributed by atoms with Gasteiger partial charge in [-0.05, 0) is 31.6 Å². The van der Waals surface area contributed by atoms with Gasteiger partial charge in [-0.2, -0.15) is 0 Å². The molecule has 0 spiro atoms. The average molecular weight is 224 g/mol. The molecule has 1 heterocycles. The second-order valence-corrected chi connectivity index (χ2v) is 5.73. The fraction of sp³-hybridized carbons (Fsp3) is 0.750. The average Bonchev–Trinajstić information content (AvgIpc) is 2.83.